The molecular formula is C18H19FN2O2. The van der Waals surface area contributed by atoms with Gasteiger partial charge in [-0.2, -0.15) is 0 Å². The first-order chi connectivity index (χ1) is 11.1. The summed E-state index contributed by atoms with van der Waals surface area (Å²) >= 11 is 0. The van der Waals surface area contributed by atoms with Crippen LogP contribution in [-0.4, -0.2) is 18.6 Å². The number of rotatable bonds is 4. The van der Waals surface area contributed by atoms with Crippen LogP contribution in [0.2, 0.25) is 0 Å². The van der Waals surface area contributed by atoms with E-state index in [1.165, 1.54) is 6.07 Å². The zero-order valence-electron chi connectivity index (χ0n) is 13.2. The van der Waals surface area contributed by atoms with E-state index in [9.17, 15) is 9.18 Å². The van der Waals surface area contributed by atoms with Gasteiger partial charge >= 0.3 is 0 Å². The fourth-order valence-corrected chi connectivity index (χ4v) is 2.69. The Morgan fingerprint density at radius 1 is 1.26 bits per heavy atom. The third-order valence-electron chi connectivity index (χ3n) is 3.80. The molecule has 0 saturated heterocycles. The molecule has 5 heteroatoms. The summed E-state index contributed by atoms with van der Waals surface area (Å²) in [6.07, 6.45) is 0. The van der Waals surface area contributed by atoms with Crippen molar-refractivity contribution in [1.29, 1.82) is 0 Å². The van der Waals surface area contributed by atoms with Gasteiger partial charge in [-0.05, 0) is 32.0 Å². The van der Waals surface area contributed by atoms with E-state index in [0.717, 1.165) is 11.4 Å². The lowest BCUT2D eigenvalue weighted by molar-refractivity contribution is -0.121. The van der Waals surface area contributed by atoms with Gasteiger partial charge in [0, 0.05) is 29.9 Å². The van der Waals surface area contributed by atoms with E-state index in [4.69, 9.17) is 4.74 Å². The van der Waals surface area contributed by atoms with Crippen LogP contribution in [0.3, 0.4) is 0 Å². The maximum absolute atomic E-state index is 13.6. The molecule has 0 bridgehead atoms. The van der Waals surface area contributed by atoms with Gasteiger partial charge in [-0.1, -0.05) is 18.2 Å². The summed E-state index contributed by atoms with van der Waals surface area (Å²) in [6, 6.07) is 12.3. The van der Waals surface area contributed by atoms with Gasteiger partial charge in [0.15, 0.2) is 6.61 Å². The zero-order valence-corrected chi connectivity index (χ0v) is 13.2. The van der Waals surface area contributed by atoms with Gasteiger partial charge in [-0.15, -0.1) is 0 Å². The molecule has 0 unspecified atom stereocenters. The summed E-state index contributed by atoms with van der Waals surface area (Å²) in [5.74, 6) is 0.391. The van der Waals surface area contributed by atoms with Crippen molar-refractivity contribution in [3.8, 4) is 5.75 Å². The molecule has 1 aliphatic rings. The Hall–Kier alpha value is -2.56. The summed E-state index contributed by atoms with van der Waals surface area (Å²) in [4.78, 5) is 13.7. The highest BCUT2D eigenvalue weighted by atomic mass is 19.1. The molecule has 1 N–H and O–H groups in total. The topological polar surface area (TPSA) is 41.6 Å². The van der Waals surface area contributed by atoms with Crippen LogP contribution in [0.4, 0.5) is 15.8 Å². The van der Waals surface area contributed by atoms with Crippen LogP contribution in [0.25, 0.3) is 0 Å². The van der Waals surface area contributed by atoms with E-state index in [2.05, 4.69) is 5.32 Å². The smallest absolute Gasteiger partial charge is 0.265 e. The third-order valence-corrected chi connectivity index (χ3v) is 3.80. The molecule has 1 aliphatic heterocycles. The Kier molecular flexibility index (Phi) is 4.19. The summed E-state index contributed by atoms with van der Waals surface area (Å²) in [5.41, 5.74) is 2.20. The number of hydrogen-bond acceptors (Lipinski definition) is 3. The Bertz CT molecular complexity index is 731. The van der Waals surface area contributed by atoms with Crippen molar-refractivity contribution in [1.82, 2.24) is 0 Å². The van der Waals surface area contributed by atoms with Crippen LogP contribution in [-0.2, 0) is 11.3 Å². The second kappa shape index (κ2) is 6.28. The van der Waals surface area contributed by atoms with Crippen molar-refractivity contribution >= 4 is 17.3 Å². The Balaban J connectivity index is 1.79. The zero-order chi connectivity index (χ0) is 16.4. The highest BCUT2D eigenvalue weighted by molar-refractivity contribution is 5.98. The van der Waals surface area contributed by atoms with E-state index < -0.39 is 0 Å². The number of halogens is 1. The predicted molar refractivity (Wildman–Crippen MR) is 88.3 cm³/mol. The van der Waals surface area contributed by atoms with Crippen LogP contribution < -0.4 is 15.0 Å². The highest BCUT2D eigenvalue weighted by Crippen LogP contribution is 2.35. The first-order valence-corrected chi connectivity index (χ1v) is 7.62. The van der Waals surface area contributed by atoms with Gasteiger partial charge in [0.2, 0.25) is 0 Å². The number of carbonyl (C=O) groups is 1. The van der Waals surface area contributed by atoms with Crippen LogP contribution >= 0.6 is 0 Å². The number of amides is 1. The van der Waals surface area contributed by atoms with E-state index in [-0.39, 0.29) is 24.4 Å². The maximum atomic E-state index is 13.6. The lowest BCUT2D eigenvalue weighted by Gasteiger charge is -2.32. The lowest BCUT2D eigenvalue weighted by atomic mass is 10.1. The summed E-state index contributed by atoms with van der Waals surface area (Å²) in [7, 11) is 0. The number of anilines is 2. The van der Waals surface area contributed by atoms with Crippen molar-refractivity contribution in [2.75, 3.05) is 16.8 Å². The van der Waals surface area contributed by atoms with Crippen LogP contribution in [0.1, 0.15) is 19.4 Å². The van der Waals surface area contributed by atoms with Crippen molar-refractivity contribution in [3.63, 3.8) is 0 Å². The van der Waals surface area contributed by atoms with E-state index >= 15 is 0 Å². The average Bonchev–Trinajstić information content (AvgIpc) is 2.53. The minimum absolute atomic E-state index is 0.0421. The van der Waals surface area contributed by atoms with Gasteiger partial charge in [0.25, 0.3) is 5.91 Å². The fraction of sp³-hybridized carbons (Fsp3) is 0.278. The minimum Gasteiger partial charge on any atom is -0.481 e. The molecule has 0 saturated carbocycles. The third kappa shape index (κ3) is 3.13. The molecule has 23 heavy (non-hydrogen) atoms. The van der Waals surface area contributed by atoms with Gasteiger partial charge in [-0.25, -0.2) is 4.39 Å². The highest BCUT2D eigenvalue weighted by Gasteiger charge is 2.27. The second-order valence-electron chi connectivity index (χ2n) is 5.77. The molecule has 1 amide bonds. The van der Waals surface area contributed by atoms with Gasteiger partial charge in [0.05, 0.1) is 5.69 Å². The number of benzene rings is 2. The molecule has 1 heterocycles. The van der Waals surface area contributed by atoms with E-state index in [1.807, 2.05) is 38.1 Å². The number of nitrogens with one attached hydrogen (secondary N) is 1. The Labute approximate surface area is 134 Å². The van der Waals surface area contributed by atoms with Crippen molar-refractivity contribution < 1.29 is 13.9 Å². The number of fused-ring (bicyclic) bond motifs is 1. The van der Waals surface area contributed by atoms with E-state index in [0.29, 0.717) is 17.9 Å². The van der Waals surface area contributed by atoms with Crippen LogP contribution in [0.15, 0.2) is 42.5 Å². The molecular weight excluding hydrogens is 295 g/mol. The Morgan fingerprint density at radius 3 is 2.78 bits per heavy atom. The monoisotopic (exact) mass is 314 g/mol. The van der Waals surface area contributed by atoms with Gasteiger partial charge in [0.1, 0.15) is 11.6 Å². The van der Waals surface area contributed by atoms with Crippen molar-refractivity contribution in [3.05, 3.63) is 53.8 Å². The summed E-state index contributed by atoms with van der Waals surface area (Å²) < 4.78 is 19.2. The lowest BCUT2D eigenvalue weighted by Crippen LogP contribution is -2.43. The molecule has 2 aromatic carbocycles. The summed E-state index contributed by atoms with van der Waals surface area (Å²) in [5, 5.41) is 3.18. The molecule has 0 aliphatic carbocycles. The number of nitrogens with zero attached hydrogens (tertiary/aromatic N) is 1. The Morgan fingerprint density at radius 2 is 2.04 bits per heavy atom. The molecule has 2 aromatic rings. The predicted octanol–water partition coefficient (Wildman–Crippen LogP) is 3.57. The fourth-order valence-electron chi connectivity index (χ4n) is 2.69. The molecule has 3 rings (SSSR count). The molecule has 0 spiro atoms. The van der Waals surface area contributed by atoms with Crippen LogP contribution in [0, 0.1) is 5.82 Å². The minimum atomic E-state index is -0.231. The van der Waals surface area contributed by atoms with Crippen molar-refractivity contribution in [2.45, 2.75) is 26.4 Å². The molecule has 0 radical (unpaired) electrons. The first-order valence-electron chi connectivity index (χ1n) is 7.62. The molecule has 0 aromatic heterocycles. The number of ether oxygens (including phenoxy) is 1. The molecule has 0 atom stereocenters. The summed E-state index contributed by atoms with van der Waals surface area (Å²) in [6.45, 7) is 4.37. The number of carbonyl (C=O) groups excluding carboxylic acids is 1. The quantitative estimate of drug-likeness (QED) is 0.938. The average molecular weight is 314 g/mol. The SMILES string of the molecule is CC(C)N1C(=O)COc2cc(NCc3ccccc3F)ccc21. The van der Waals surface area contributed by atoms with Gasteiger partial charge < -0.3 is 15.0 Å². The van der Waals surface area contributed by atoms with E-state index in [1.54, 1.807) is 17.0 Å². The molecule has 120 valence electrons. The van der Waals surface area contributed by atoms with Crippen LogP contribution in [0.5, 0.6) is 5.75 Å². The molecule has 0 fully saturated rings. The normalized spacial score (nSPS) is 13.7. The second-order valence-corrected chi connectivity index (χ2v) is 5.77. The first kappa shape index (κ1) is 15.3. The van der Waals surface area contributed by atoms with Crippen molar-refractivity contribution in [2.24, 2.45) is 0 Å². The standard InChI is InChI=1S/C18H19FN2O2/c1-12(2)21-16-8-7-14(9-17(16)23-11-18(21)22)20-10-13-5-3-4-6-15(13)19/h3-9,12,20H,10-11H2,1-2H3. The largest absolute Gasteiger partial charge is 0.481 e. The molecule has 4 nitrogen and oxygen atoms in total. The number of hydrogen-bond donors (Lipinski definition) is 1. The van der Waals surface area contributed by atoms with Gasteiger partial charge in [-0.3, -0.25) is 4.79 Å². The maximum Gasteiger partial charge on any atom is 0.265 e.